The van der Waals surface area contributed by atoms with E-state index in [-0.39, 0.29) is 12.0 Å². The summed E-state index contributed by atoms with van der Waals surface area (Å²) in [5, 5.41) is 0. The first-order valence-electron chi connectivity index (χ1n) is 3.53. The lowest BCUT2D eigenvalue weighted by molar-refractivity contribution is -0.133. The molecule has 4 heteroatoms. The Morgan fingerprint density at radius 3 is 2.42 bits per heavy atom. The van der Waals surface area contributed by atoms with Gasteiger partial charge in [0.1, 0.15) is 0 Å². The van der Waals surface area contributed by atoms with E-state index in [1.807, 2.05) is 0 Å². The van der Waals surface area contributed by atoms with Crippen LogP contribution in [0.25, 0.3) is 0 Å². The van der Waals surface area contributed by atoms with Gasteiger partial charge in [0, 0.05) is 12.0 Å². The Labute approximate surface area is 68.3 Å². The molecule has 0 heterocycles. The molecule has 0 aromatic carbocycles. The first-order valence-corrected chi connectivity index (χ1v) is 3.53. The monoisotopic (exact) mass is 177 g/mol. The third-order valence-corrected chi connectivity index (χ3v) is 1.78. The van der Waals surface area contributed by atoms with Gasteiger partial charge in [0.25, 0.3) is 0 Å². The van der Waals surface area contributed by atoms with E-state index < -0.39 is 18.4 Å². The molecular weight excluding hydrogens is 169 g/mol. The average molecular weight is 177 g/mol. The second kappa shape index (κ2) is 2.92. The normalized spacial score (nSPS) is 19.2. The summed E-state index contributed by atoms with van der Waals surface area (Å²) in [5.41, 5.74) is 0.389. The molecule has 0 unspecified atom stereocenters. The average Bonchev–Trinajstić information content (AvgIpc) is 2.16. The highest BCUT2D eigenvalue weighted by atomic mass is 19.4. The van der Waals surface area contributed by atoms with Gasteiger partial charge in [0.2, 0.25) is 0 Å². The molecule has 12 heavy (non-hydrogen) atoms. The molecule has 0 saturated heterocycles. The van der Waals surface area contributed by atoms with Gasteiger partial charge in [-0.05, 0) is 13.3 Å². The van der Waals surface area contributed by atoms with Crippen molar-refractivity contribution in [1.82, 2.24) is 0 Å². The quantitative estimate of drug-likeness (QED) is 0.601. The van der Waals surface area contributed by atoms with Crippen molar-refractivity contribution in [3.8, 4) is 0 Å². The topological polar surface area (TPSA) is 17.1 Å². The molecule has 0 N–H and O–H groups in total. The SMILES string of the molecule is CC1=C(CC(F)(F)F)C(=O)C[CH]1. The fraction of sp³-hybridized carbons (Fsp3) is 0.500. The number of Topliss-reactive ketones (excluding diaryl/α,β-unsaturated/α-hetero) is 1. The zero-order valence-corrected chi connectivity index (χ0v) is 6.53. The third-order valence-electron chi connectivity index (χ3n) is 1.78. The van der Waals surface area contributed by atoms with E-state index in [9.17, 15) is 18.0 Å². The maximum absolute atomic E-state index is 11.9. The first kappa shape index (κ1) is 9.29. The molecule has 1 aliphatic rings. The van der Waals surface area contributed by atoms with Gasteiger partial charge in [-0.2, -0.15) is 13.2 Å². The van der Waals surface area contributed by atoms with Crippen LogP contribution in [0, 0.1) is 6.42 Å². The highest BCUT2D eigenvalue weighted by Gasteiger charge is 2.34. The van der Waals surface area contributed by atoms with Gasteiger partial charge in [-0.1, -0.05) is 5.57 Å². The zero-order chi connectivity index (χ0) is 9.35. The van der Waals surface area contributed by atoms with Crippen LogP contribution < -0.4 is 0 Å². The highest BCUT2D eigenvalue weighted by Crippen LogP contribution is 2.31. The third kappa shape index (κ3) is 2.09. The molecule has 0 bridgehead atoms. The van der Waals surface area contributed by atoms with Gasteiger partial charge in [-0.15, -0.1) is 0 Å². The molecule has 67 valence electrons. The number of carbonyl (C=O) groups excluding carboxylic acids is 1. The summed E-state index contributed by atoms with van der Waals surface area (Å²) in [6, 6.07) is 0. The second-order valence-corrected chi connectivity index (χ2v) is 2.78. The number of rotatable bonds is 1. The number of hydrogen-bond acceptors (Lipinski definition) is 1. The van der Waals surface area contributed by atoms with E-state index >= 15 is 0 Å². The predicted octanol–water partition coefficient (Wildman–Crippen LogP) is 2.43. The molecule has 0 aliphatic heterocycles. The Morgan fingerprint density at radius 1 is 1.50 bits per heavy atom. The minimum Gasteiger partial charge on any atom is -0.295 e. The Balaban J connectivity index is 2.75. The standard InChI is InChI=1S/C8H8F3O/c1-5-2-3-7(12)6(5)4-8(9,10)11/h2H,3-4H2,1H3. The lowest BCUT2D eigenvalue weighted by atomic mass is 10.1. The van der Waals surface area contributed by atoms with Crippen molar-refractivity contribution in [2.45, 2.75) is 25.9 Å². The molecule has 0 atom stereocenters. The van der Waals surface area contributed by atoms with E-state index in [1.54, 1.807) is 0 Å². The van der Waals surface area contributed by atoms with E-state index in [0.717, 1.165) is 0 Å². The summed E-state index contributed by atoms with van der Waals surface area (Å²) < 4.78 is 35.6. The van der Waals surface area contributed by atoms with Crippen LogP contribution in [-0.2, 0) is 4.79 Å². The minimum atomic E-state index is -4.27. The van der Waals surface area contributed by atoms with Crippen LogP contribution in [0.1, 0.15) is 19.8 Å². The van der Waals surface area contributed by atoms with Gasteiger partial charge >= 0.3 is 6.18 Å². The molecule has 1 rings (SSSR count). The summed E-state index contributed by atoms with van der Waals surface area (Å²) in [7, 11) is 0. The number of carbonyl (C=O) groups is 1. The van der Waals surface area contributed by atoms with Crippen molar-refractivity contribution in [2.24, 2.45) is 0 Å². The minimum absolute atomic E-state index is 0.0810. The Bertz CT molecular complexity index is 237. The Hall–Kier alpha value is -0.800. The van der Waals surface area contributed by atoms with Gasteiger partial charge < -0.3 is 0 Å². The van der Waals surface area contributed by atoms with Crippen LogP contribution >= 0.6 is 0 Å². The fourth-order valence-electron chi connectivity index (χ4n) is 1.15. The van der Waals surface area contributed by atoms with E-state index in [4.69, 9.17) is 0 Å². The smallest absolute Gasteiger partial charge is 0.295 e. The lowest BCUT2D eigenvalue weighted by Gasteiger charge is -2.06. The van der Waals surface area contributed by atoms with Crippen LogP contribution in [0.4, 0.5) is 13.2 Å². The van der Waals surface area contributed by atoms with Gasteiger partial charge in [-0.25, -0.2) is 0 Å². The number of alkyl halides is 3. The van der Waals surface area contributed by atoms with Crippen LogP contribution in [-0.4, -0.2) is 12.0 Å². The van der Waals surface area contributed by atoms with E-state index in [1.165, 1.54) is 13.3 Å². The van der Waals surface area contributed by atoms with Crippen LogP contribution in [0.2, 0.25) is 0 Å². The fourth-order valence-corrected chi connectivity index (χ4v) is 1.15. The van der Waals surface area contributed by atoms with Crippen molar-refractivity contribution >= 4 is 5.78 Å². The number of ketones is 1. The lowest BCUT2D eigenvalue weighted by Crippen LogP contribution is -2.12. The van der Waals surface area contributed by atoms with Crippen molar-refractivity contribution < 1.29 is 18.0 Å². The summed E-state index contributed by atoms with van der Waals surface area (Å²) >= 11 is 0. The molecule has 0 spiro atoms. The summed E-state index contributed by atoms with van der Waals surface area (Å²) in [6.45, 7) is 1.53. The number of allylic oxidation sites excluding steroid dienone is 2. The van der Waals surface area contributed by atoms with Gasteiger partial charge in [0.05, 0.1) is 6.42 Å². The van der Waals surface area contributed by atoms with E-state index in [0.29, 0.717) is 5.57 Å². The van der Waals surface area contributed by atoms with Crippen molar-refractivity contribution in [3.63, 3.8) is 0 Å². The van der Waals surface area contributed by atoms with Crippen molar-refractivity contribution in [2.75, 3.05) is 0 Å². The van der Waals surface area contributed by atoms with Crippen molar-refractivity contribution in [1.29, 1.82) is 0 Å². The summed E-state index contributed by atoms with van der Waals surface area (Å²) in [6.07, 6.45) is -3.71. The van der Waals surface area contributed by atoms with Crippen LogP contribution in [0.3, 0.4) is 0 Å². The number of halogens is 3. The molecule has 0 aromatic heterocycles. The zero-order valence-electron chi connectivity index (χ0n) is 6.53. The highest BCUT2D eigenvalue weighted by molar-refractivity contribution is 6.00. The molecule has 0 amide bonds. The largest absolute Gasteiger partial charge is 0.393 e. The second-order valence-electron chi connectivity index (χ2n) is 2.78. The number of hydrogen-bond donors (Lipinski definition) is 0. The molecule has 0 saturated carbocycles. The molecule has 0 fully saturated rings. The Morgan fingerprint density at radius 2 is 2.08 bits per heavy atom. The first-order chi connectivity index (χ1) is 5.40. The Kier molecular flexibility index (Phi) is 2.26. The molecule has 1 aliphatic carbocycles. The predicted molar refractivity (Wildman–Crippen MR) is 37.3 cm³/mol. The summed E-state index contributed by atoms with van der Waals surface area (Å²) in [5.74, 6) is -0.398. The molecular formula is C8H8F3O. The molecule has 0 aromatic rings. The van der Waals surface area contributed by atoms with E-state index in [2.05, 4.69) is 0 Å². The maximum atomic E-state index is 11.9. The van der Waals surface area contributed by atoms with Crippen LogP contribution in [0.5, 0.6) is 0 Å². The maximum Gasteiger partial charge on any atom is 0.393 e. The van der Waals surface area contributed by atoms with Gasteiger partial charge in [0.15, 0.2) is 5.78 Å². The summed E-state index contributed by atoms with van der Waals surface area (Å²) in [4.78, 5) is 10.9. The van der Waals surface area contributed by atoms with Crippen LogP contribution in [0.15, 0.2) is 11.1 Å². The molecule has 1 radical (unpaired) electrons. The molecule has 1 nitrogen and oxygen atoms in total. The van der Waals surface area contributed by atoms with Gasteiger partial charge in [-0.3, -0.25) is 4.79 Å². The van der Waals surface area contributed by atoms with Crippen molar-refractivity contribution in [3.05, 3.63) is 17.6 Å².